The average Bonchev–Trinajstić information content (AvgIpc) is 3.00. The molecule has 6 atom stereocenters. The molecule has 35 heavy (non-hydrogen) atoms. The Morgan fingerprint density at radius 2 is 1.94 bits per heavy atom. The summed E-state index contributed by atoms with van der Waals surface area (Å²) < 4.78 is 0. The lowest BCUT2D eigenvalue weighted by molar-refractivity contribution is -0.0470. The number of benzene rings is 1. The zero-order valence-corrected chi connectivity index (χ0v) is 23.2. The lowest BCUT2D eigenvalue weighted by Crippen LogP contribution is -2.61. The summed E-state index contributed by atoms with van der Waals surface area (Å²) in [6.45, 7) is 12.1. The van der Waals surface area contributed by atoms with Crippen LogP contribution in [0.25, 0.3) is 0 Å². The van der Waals surface area contributed by atoms with Gasteiger partial charge in [0.05, 0.1) is 5.82 Å². The van der Waals surface area contributed by atoms with E-state index < -0.39 is 0 Å². The Morgan fingerprint density at radius 3 is 2.66 bits per heavy atom. The highest BCUT2D eigenvalue weighted by Gasteiger charge is 2.70. The summed E-state index contributed by atoms with van der Waals surface area (Å²) in [4.78, 5) is 5.38. The van der Waals surface area contributed by atoms with Crippen molar-refractivity contribution in [2.24, 2.45) is 23.2 Å². The molecule has 3 heteroatoms. The van der Waals surface area contributed by atoms with Crippen LogP contribution in [0, 0.1) is 23.2 Å². The molecule has 194 valence electrons. The van der Waals surface area contributed by atoms with Gasteiger partial charge in [0.2, 0.25) is 0 Å². The van der Waals surface area contributed by atoms with Gasteiger partial charge in [0.25, 0.3) is 0 Å². The number of allylic oxidation sites excluding steroid dienone is 1. The molecule has 3 nitrogen and oxygen atoms in total. The van der Waals surface area contributed by atoms with Crippen LogP contribution in [0.3, 0.4) is 0 Å². The zero-order chi connectivity index (χ0) is 24.8. The van der Waals surface area contributed by atoms with Crippen LogP contribution >= 0.6 is 0 Å². The molecule has 1 heterocycles. The lowest BCUT2D eigenvalue weighted by Gasteiger charge is -2.62. The van der Waals surface area contributed by atoms with Gasteiger partial charge in [-0.25, -0.2) is 0 Å². The first-order valence-electron chi connectivity index (χ1n) is 14.9. The largest absolute Gasteiger partial charge is 0.508 e. The third kappa shape index (κ3) is 3.74. The molecule has 1 aliphatic heterocycles. The predicted octanol–water partition coefficient (Wildman–Crippen LogP) is 7.49. The summed E-state index contributed by atoms with van der Waals surface area (Å²) in [6, 6.07) is 6.97. The summed E-state index contributed by atoms with van der Waals surface area (Å²) in [6.07, 6.45) is 16.8. The van der Waals surface area contributed by atoms with Gasteiger partial charge in [-0.1, -0.05) is 46.1 Å². The van der Waals surface area contributed by atoms with Crippen LogP contribution in [-0.4, -0.2) is 41.1 Å². The topological polar surface area (TPSA) is 26.7 Å². The number of hydrogen-bond acceptors (Lipinski definition) is 3. The molecule has 3 fully saturated rings. The van der Waals surface area contributed by atoms with Crippen molar-refractivity contribution in [2.45, 2.75) is 110 Å². The molecule has 1 N–H and O–H groups in total. The van der Waals surface area contributed by atoms with Crippen LogP contribution in [0.5, 0.6) is 5.75 Å². The second-order valence-corrected chi connectivity index (χ2v) is 12.6. The summed E-state index contributed by atoms with van der Waals surface area (Å²) in [5.74, 6) is 3.99. The maximum absolute atomic E-state index is 10.7. The molecule has 1 aromatic carbocycles. The van der Waals surface area contributed by atoms with Gasteiger partial charge in [-0.2, -0.15) is 0 Å². The Hall–Kier alpha value is -1.64. The molecule has 4 aliphatic rings. The number of aromatic hydroxyl groups is 1. The van der Waals surface area contributed by atoms with E-state index in [1.54, 1.807) is 0 Å². The fourth-order valence-corrected chi connectivity index (χ4v) is 9.88. The van der Waals surface area contributed by atoms with E-state index in [9.17, 15) is 5.11 Å². The van der Waals surface area contributed by atoms with Crippen molar-refractivity contribution in [3.05, 3.63) is 41.2 Å². The molecule has 0 spiro atoms. The first kappa shape index (κ1) is 25.0. The Kier molecular flexibility index (Phi) is 6.92. The third-order valence-corrected chi connectivity index (χ3v) is 11.1. The average molecular weight is 479 g/mol. The summed E-state index contributed by atoms with van der Waals surface area (Å²) in [7, 11) is 2.40. The van der Waals surface area contributed by atoms with Crippen molar-refractivity contribution in [1.29, 1.82) is 0 Å². The number of phenolic OH excluding ortho intramolecular Hbond substituents is 1. The van der Waals surface area contributed by atoms with Gasteiger partial charge in [-0.3, -0.25) is 0 Å². The van der Waals surface area contributed by atoms with E-state index in [-0.39, 0.29) is 5.41 Å². The van der Waals surface area contributed by atoms with E-state index in [0.29, 0.717) is 35.0 Å². The lowest BCUT2D eigenvalue weighted by atomic mass is 9.43. The van der Waals surface area contributed by atoms with Crippen LogP contribution in [0.1, 0.15) is 103 Å². The Morgan fingerprint density at radius 1 is 1.17 bits per heavy atom. The number of piperidine rings is 1. The first-order valence-corrected chi connectivity index (χ1v) is 14.9. The summed E-state index contributed by atoms with van der Waals surface area (Å²) >= 11 is 0. The monoisotopic (exact) mass is 478 g/mol. The molecule has 2 bridgehead atoms. The van der Waals surface area contributed by atoms with Crippen LogP contribution < -0.4 is 0 Å². The van der Waals surface area contributed by atoms with Crippen molar-refractivity contribution in [3.63, 3.8) is 0 Å². The van der Waals surface area contributed by atoms with Gasteiger partial charge >= 0.3 is 0 Å². The predicted molar refractivity (Wildman–Crippen MR) is 146 cm³/mol. The van der Waals surface area contributed by atoms with E-state index in [1.165, 1.54) is 101 Å². The third-order valence-electron chi connectivity index (χ3n) is 11.1. The zero-order valence-electron chi connectivity index (χ0n) is 23.2. The van der Waals surface area contributed by atoms with Crippen LogP contribution in [0.15, 0.2) is 30.1 Å². The van der Waals surface area contributed by atoms with E-state index in [0.717, 1.165) is 0 Å². The van der Waals surface area contributed by atoms with E-state index in [2.05, 4.69) is 62.8 Å². The fourth-order valence-electron chi connectivity index (χ4n) is 9.88. The molecule has 1 saturated heterocycles. The van der Waals surface area contributed by atoms with E-state index in [4.69, 9.17) is 0 Å². The minimum atomic E-state index is 0.186. The van der Waals surface area contributed by atoms with Gasteiger partial charge in [0.15, 0.2) is 0 Å². The highest BCUT2D eigenvalue weighted by molar-refractivity contribution is 5.48. The van der Waals surface area contributed by atoms with Gasteiger partial charge in [0.1, 0.15) is 5.75 Å². The number of fused-ring (bicyclic) bond motifs is 1. The molecular formula is C32H50N2O. The van der Waals surface area contributed by atoms with Crippen molar-refractivity contribution < 1.29 is 5.11 Å². The number of rotatable bonds is 7. The quantitative estimate of drug-likeness (QED) is 0.411. The van der Waals surface area contributed by atoms with Gasteiger partial charge in [0, 0.05) is 31.6 Å². The SMILES string of the molecule is C/C=C(/N1CCCCC1)N(C)C1CCC23C[C@H](C)C1C2(CCCCC)c1cc(O)ccc1CC3C. The standard InChI is InChI=1S/C32H50N2O/c1-6-8-10-16-32-27-21-26(35)14-13-25(27)20-24(4)31(32)17-15-28(30(32)23(3)22-31)33(5)29(7-2)34-18-11-9-12-19-34/h7,13-14,21,23-24,28,30,35H,6,8-12,15-20,22H2,1-5H3/b29-7+/t23-,24?,28?,30?,31?,32?/m0/s1. The van der Waals surface area contributed by atoms with Crippen molar-refractivity contribution in [1.82, 2.24) is 9.80 Å². The van der Waals surface area contributed by atoms with Gasteiger partial charge in [-0.15, -0.1) is 0 Å². The minimum Gasteiger partial charge on any atom is -0.508 e. The molecule has 0 amide bonds. The van der Waals surface area contributed by atoms with Gasteiger partial charge < -0.3 is 14.9 Å². The maximum atomic E-state index is 10.7. The minimum absolute atomic E-state index is 0.186. The molecule has 5 unspecified atom stereocenters. The number of hydrogen-bond donors (Lipinski definition) is 1. The Balaban J connectivity index is 1.61. The molecule has 3 aliphatic carbocycles. The molecule has 2 saturated carbocycles. The normalized spacial score (nSPS) is 36.6. The highest BCUT2D eigenvalue weighted by Crippen LogP contribution is 2.73. The molecule has 5 rings (SSSR count). The second kappa shape index (κ2) is 9.67. The van der Waals surface area contributed by atoms with Crippen LogP contribution in [0.4, 0.5) is 0 Å². The Bertz CT molecular complexity index is 933. The van der Waals surface area contributed by atoms with Crippen LogP contribution in [0.2, 0.25) is 0 Å². The number of likely N-dealkylation sites (tertiary alicyclic amines) is 1. The van der Waals surface area contributed by atoms with Gasteiger partial charge in [-0.05, 0) is 111 Å². The molecule has 1 aromatic rings. The maximum Gasteiger partial charge on any atom is 0.115 e. The van der Waals surface area contributed by atoms with Crippen molar-refractivity contribution in [3.8, 4) is 5.75 Å². The van der Waals surface area contributed by atoms with Crippen molar-refractivity contribution in [2.75, 3.05) is 20.1 Å². The molecular weight excluding hydrogens is 428 g/mol. The van der Waals surface area contributed by atoms with E-state index >= 15 is 0 Å². The smallest absolute Gasteiger partial charge is 0.115 e. The first-order chi connectivity index (χ1) is 16.9. The van der Waals surface area contributed by atoms with Crippen molar-refractivity contribution >= 4 is 0 Å². The number of phenols is 1. The van der Waals surface area contributed by atoms with Crippen LogP contribution in [-0.2, 0) is 11.8 Å². The summed E-state index contributed by atoms with van der Waals surface area (Å²) in [5, 5.41) is 10.7. The molecule has 0 aromatic heterocycles. The molecule has 0 radical (unpaired) electrons. The summed E-state index contributed by atoms with van der Waals surface area (Å²) in [5.41, 5.74) is 3.61. The highest BCUT2D eigenvalue weighted by atomic mass is 16.3. The number of nitrogens with zero attached hydrogens (tertiary/aromatic N) is 2. The Labute approximate surface area is 215 Å². The number of unbranched alkanes of at least 4 members (excludes halogenated alkanes) is 2. The fraction of sp³-hybridized carbons (Fsp3) is 0.750. The second-order valence-electron chi connectivity index (χ2n) is 12.6. The van der Waals surface area contributed by atoms with E-state index in [1.807, 2.05) is 6.07 Å².